The molecule has 0 aliphatic carbocycles. The summed E-state index contributed by atoms with van der Waals surface area (Å²) in [4.78, 5) is 40.3. The molecule has 2 fully saturated rings. The molecular weight excluding hydrogens is 346 g/mol. The van der Waals surface area contributed by atoms with Crippen molar-refractivity contribution >= 4 is 11.9 Å². The summed E-state index contributed by atoms with van der Waals surface area (Å²) in [5.41, 5.74) is 1.38. The number of likely N-dealkylation sites (tertiary alicyclic amines) is 1. The van der Waals surface area contributed by atoms with Gasteiger partial charge in [-0.2, -0.15) is 0 Å². The molecule has 2 aliphatic heterocycles. The number of amides is 1. The highest BCUT2D eigenvalue weighted by molar-refractivity contribution is 5.78. The maximum Gasteiger partial charge on any atom is 0.252 e. The Morgan fingerprint density at radius 1 is 1.26 bits per heavy atom. The van der Waals surface area contributed by atoms with Gasteiger partial charge in [-0.15, -0.1) is 0 Å². The van der Waals surface area contributed by atoms with Gasteiger partial charge in [-0.05, 0) is 18.6 Å². The maximum absolute atomic E-state index is 12.5. The van der Waals surface area contributed by atoms with Gasteiger partial charge in [0.05, 0.1) is 25.3 Å². The quantitative estimate of drug-likeness (QED) is 0.847. The smallest absolute Gasteiger partial charge is 0.252 e. The van der Waals surface area contributed by atoms with Crippen LogP contribution in [0.4, 0.5) is 5.95 Å². The normalized spacial score (nSPS) is 20.1. The van der Waals surface area contributed by atoms with Gasteiger partial charge in [-0.3, -0.25) is 19.6 Å². The third-order valence-electron chi connectivity index (χ3n) is 5.08. The van der Waals surface area contributed by atoms with Crippen molar-refractivity contribution in [2.75, 3.05) is 44.3 Å². The van der Waals surface area contributed by atoms with Crippen LogP contribution in [-0.2, 0) is 16.0 Å². The van der Waals surface area contributed by atoms with Gasteiger partial charge >= 0.3 is 0 Å². The fourth-order valence-electron chi connectivity index (χ4n) is 3.59. The first-order valence-electron chi connectivity index (χ1n) is 9.31. The minimum Gasteiger partial charge on any atom is -0.378 e. The standard InChI is InChI=1S/C19H23N5O3/c25-17-12-16(21-19(22-17)23-7-9-27-10-8-23)14-4-6-24(13-14)18(26)11-15-3-1-2-5-20-15/h1-3,5,12,14H,4,6-11,13H2,(H,21,22,25). The molecule has 142 valence electrons. The summed E-state index contributed by atoms with van der Waals surface area (Å²) < 4.78 is 5.36. The molecule has 4 rings (SSSR count). The average molecular weight is 369 g/mol. The molecule has 0 saturated carbocycles. The molecule has 8 heteroatoms. The minimum absolute atomic E-state index is 0.0643. The van der Waals surface area contributed by atoms with Crippen LogP contribution in [0.25, 0.3) is 0 Å². The fraction of sp³-hybridized carbons (Fsp3) is 0.474. The number of hydrogen-bond donors (Lipinski definition) is 1. The predicted octanol–water partition coefficient (Wildman–Crippen LogP) is 0.560. The van der Waals surface area contributed by atoms with E-state index in [1.165, 1.54) is 0 Å². The first-order chi connectivity index (χ1) is 13.2. The molecule has 8 nitrogen and oxygen atoms in total. The van der Waals surface area contributed by atoms with Crippen molar-refractivity contribution in [3.8, 4) is 0 Å². The second-order valence-electron chi connectivity index (χ2n) is 6.92. The van der Waals surface area contributed by atoms with E-state index in [1.807, 2.05) is 28.0 Å². The number of morpholine rings is 1. The average Bonchev–Trinajstić information content (AvgIpc) is 3.19. The largest absolute Gasteiger partial charge is 0.378 e. The number of aromatic amines is 1. The minimum atomic E-state index is -0.153. The molecule has 2 aliphatic rings. The monoisotopic (exact) mass is 369 g/mol. The highest BCUT2D eigenvalue weighted by atomic mass is 16.5. The molecule has 0 aromatic carbocycles. The SMILES string of the molecule is O=C(Cc1ccccn1)N1CCC(c2cc(=O)[nH]c(N3CCOCC3)n2)C1. The third-order valence-corrected chi connectivity index (χ3v) is 5.08. The lowest BCUT2D eigenvalue weighted by Crippen LogP contribution is -2.38. The van der Waals surface area contributed by atoms with Gasteiger partial charge in [0, 0.05) is 50.1 Å². The second-order valence-corrected chi connectivity index (χ2v) is 6.92. The summed E-state index contributed by atoms with van der Waals surface area (Å²) in [5, 5.41) is 0. The van der Waals surface area contributed by atoms with Crippen LogP contribution in [0.5, 0.6) is 0 Å². The highest BCUT2D eigenvalue weighted by Gasteiger charge is 2.29. The summed E-state index contributed by atoms with van der Waals surface area (Å²) in [5.74, 6) is 0.744. The van der Waals surface area contributed by atoms with Crippen molar-refractivity contribution in [1.29, 1.82) is 0 Å². The number of anilines is 1. The number of carbonyl (C=O) groups excluding carboxylic acids is 1. The Kier molecular flexibility index (Phi) is 5.15. The van der Waals surface area contributed by atoms with E-state index in [0.717, 1.165) is 17.8 Å². The number of nitrogens with zero attached hydrogens (tertiary/aromatic N) is 4. The molecule has 0 radical (unpaired) electrons. The van der Waals surface area contributed by atoms with Gasteiger partial charge < -0.3 is 14.5 Å². The fourth-order valence-corrected chi connectivity index (χ4v) is 3.59. The topological polar surface area (TPSA) is 91.4 Å². The van der Waals surface area contributed by atoms with Crippen molar-refractivity contribution in [2.45, 2.75) is 18.8 Å². The summed E-state index contributed by atoms with van der Waals surface area (Å²) >= 11 is 0. The van der Waals surface area contributed by atoms with Gasteiger partial charge in [0.1, 0.15) is 0 Å². The summed E-state index contributed by atoms with van der Waals surface area (Å²) in [6, 6.07) is 7.14. The zero-order chi connectivity index (χ0) is 18.6. The molecular formula is C19H23N5O3. The van der Waals surface area contributed by atoms with Gasteiger partial charge in [0.15, 0.2) is 0 Å². The number of nitrogens with one attached hydrogen (secondary N) is 1. The van der Waals surface area contributed by atoms with Crippen molar-refractivity contribution in [2.24, 2.45) is 0 Å². The second kappa shape index (κ2) is 7.87. The van der Waals surface area contributed by atoms with E-state index in [0.29, 0.717) is 51.8 Å². The number of aromatic nitrogens is 3. The van der Waals surface area contributed by atoms with Crippen LogP contribution in [0.1, 0.15) is 23.7 Å². The Hall–Kier alpha value is -2.74. The number of carbonyl (C=O) groups is 1. The Balaban J connectivity index is 1.44. The number of H-pyrrole nitrogens is 1. The predicted molar refractivity (Wildman–Crippen MR) is 99.8 cm³/mol. The van der Waals surface area contributed by atoms with Crippen LogP contribution in [0.15, 0.2) is 35.3 Å². The third kappa shape index (κ3) is 4.16. The molecule has 1 unspecified atom stereocenters. The van der Waals surface area contributed by atoms with E-state index in [-0.39, 0.29) is 17.4 Å². The van der Waals surface area contributed by atoms with E-state index in [4.69, 9.17) is 4.74 Å². The number of hydrogen-bond acceptors (Lipinski definition) is 6. The molecule has 1 N–H and O–H groups in total. The van der Waals surface area contributed by atoms with E-state index in [2.05, 4.69) is 15.0 Å². The van der Waals surface area contributed by atoms with Crippen LogP contribution >= 0.6 is 0 Å². The van der Waals surface area contributed by atoms with Gasteiger partial charge in [-0.1, -0.05) is 6.07 Å². The molecule has 27 heavy (non-hydrogen) atoms. The zero-order valence-corrected chi connectivity index (χ0v) is 15.1. The van der Waals surface area contributed by atoms with Crippen LogP contribution in [0.3, 0.4) is 0 Å². The van der Waals surface area contributed by atoms with Crippen molar-refractivity contribution in [1.82, 2.24) is 19.9 Å². The number of rotatable bonds is 4. The van der Waals surface area contributed by atoms with Crippen LogP contribution in [0, 0.1) is 0 Å². The molecule has 1 atom stereocenters. The van der Waals surface area contributed by atoms with Crippen molar-refractivity contribution < 1.29 is 9.53 Å². The Morgan fingerprint density at radius 3 is 2.89 bits per heavy atom. The molecule has 4 heterocycles. The summed E-state index contributed by atoms with van der Waals surface area (Å²) in [6.07, 6.45) is 2.81. The Bertz CT molecular complexity index is 848. The van der Waals surface area contributed by atoms with Crippen molar-refractivity contribution in [3.63, 3.8) is 0 Å². The molecule has 1 amide bonds. The van der Waals surface area contributed by atoms with Gasteiger partial charge in [-0.25, -0.2) is 4.98 Å². The van der Waals surface area contributed by atoms with E-state index >= 15 is 0 Å². The van der Waals surface area contributed by atoms with Crippen molar-refractivity contribution in [3.05, 3.63) is 52.2 Å². The molecule has 0 bridgehead atoms. The number of ether oxygens (including phenoxy) is 1. The molecule has 2 saturated heterocycles. The lowest BCUT2D eigenvalue weighted by Gasteiger charge is -2.27. The van der Waals surface area contributed by atoms with E-state index < -0.39 is 0 Å². The molecule has 2 aromatic heterocycles. The maximum atomic E-state index is 12.5. The first kappa shape index (κ1) is 17.7. The number of pyridine rings is 1. The van der Waals surface area contributed by atoms with Gasteiger partial charge in [0.2, 0.25) is 11.9 Å². The van der Waals surface area contributed by atoms with E-state index in [1.54, 1.807) is 12.3 Å². The molecule has 0 spiro atoms. The van der Waals surface area contributed by atoms with Gasteiger partial charge in [0.25, 0.3) is 5.56 Å². The van der Waals surface area contributed by atoms with Crippen LogP contribution in [0.2, 0.25) is 0 Å². The summed E-state index contributed by atoms with van der Waals surface area (Å²) in [6.45, 7) is 3.96. The Morgan fingerprint density at radius 2 is 2.11 bits per heavy atom. The van der Waals surface area contributed by atoms with Crippen LogP contribution in [-0.4, -0.2) is 65.2 Å². The highest BCUT2D eigenvalue weighted by Crippen LogP contribution is 2.26. The molecule has 2 aromatic rings. The zero-order valence-electron chi connectivity index (χ0n) is 15.1. The lowest BCUT2D eigenvalue weighted by molar-refractivity contribution is -0.129. The summed E-state index contributed by atoms with van der Waals surface area (Å²) in [7, 11) is 0. The van der Waals surface area contributed by atoms with E-state index in [9.17, 15) is 9.59 Å². The van der Waals surface area contributed by atoms with Crippen LogP contribution < -0.4 is 10.5 Å². The lowest BCUT2D eigenvalue weighted by atomic mass is 10.0. The first-order valence-corrected chi connectivity index (χ1v) is 9.31. The Labute approximate surface area is 157 Å².